The number of likely N-dealkylation sites (N-methyl/N-ethyl adjacent to an activating group) is 1. The Balaban J connectivity index is 1.24. The second-order valence-corrected chi connectivity index (χ2v) is 10.2. The molecule has 0 aliphatic heterocycles. The van der Waals surface area contributed by atoms with Gasteiger partial charge in [-0.3, -0.25) is 14.4 Å². The molecular formula is C23H33N3O4. The van der Waals surface area contributed by atoms with Crippen molar-refractivity contribution < 1.29 is 19.1 Å². The van der Waals surface area contributed by atoms with Crippen molar-refractivity contribution in [1.29, 1.82) is 5.26 Å². The van der Waals surface area contributed by atoms with E-state index < -0.39 is 18.1 Å². The van der Waals surface area contributed by atoms with Gasteiger partial charge in [0.05, 0.1) is 6.07 Å². The molecule has 0 unspecified atom stereocenters. The Morgan fingerprint density at radius 3 is 2.13 bits per heavy atom. The molecular weight excluding hydrogens is 382 g/mol. The first-order valence-electron chi connectivity index (χ1n) is 11.5. The highest BCUT2D eigenvalue weighted by Gasteiger charge is 2.54. The average molecular weight is 416 g/mol. The highest BCUT2D eigenvalue weighted by atomic mass is 16.5. The number of amides is 2. The number of nitrogens with one attached hydrogen (secondary N) is 1. The maximum Gasteiger partial charge on any atom is 0.325 e. The second-order valence-electron chi connectivity index (χ2n) is 10.2. The molecule has 164 valence electrons. The van der Waals surface area contributed by atoms with Gasteiger partial charge >= 0.3 is 5.97 Å². The third-order valence-electron chi connectivity index (χ3n) is 8.17. The molecule has 0 aromatic rings. The molecule has 2 amide bonds. The summed E-state index contributed by atoms with van der Waals surface area (Å²) in [6.45, 7) is -0.604. The monoisotopic (exact) mass is 415 g/mol. The van der Waals surface area contributed by atoms with Crippen molar-refractivity contribution in [3.8, 4) is 6.07 Å². The maximum atomic E-state index is 12.9. The van der Waals surface area contributed by atoms with Gasteiger partial charge in [0, 0.05) is 12.5 Å². The first-order chi connectivity index (χ1) is 14.4. The zero-order valence-electron chi connectivity index (χ0n) is 18.0. The normalized spacial score (nSPS) is 33.4. The lowest BCUT2D eigenvalue weighted by molar-refractivity contribution is -0.155. The largest absolute Gasteiger partial charge is 0.454 e. The Morgan fingerprint density at radius 2 is 1.60 bits per heavy atom. The van der Waals surface area contributed by atoms with Crippen molar-refractivity contribution in [3.05, 3.63) is 0 Å². The van der Waals surface area contributed by atoms with Crippen LogP contribution in [0.4, 0.5) is 0 Å². The van der Waals surface area contributed by atoms with Crippen molar-refractivity contribution in [1.82, 2.24) is 10.2 Å². The van der Waals surface area contributed by atoms with Crippen LogP contribution in [0.1, 0.15) is 70.6 Å². The molecule has 0 radical (unpaired) electrons. The number of nitrogens with zero attached hydrogens (tertiary/aromatic N) is 2. The second kappa shape index (κ2) is 8.20. The molecule has 7 nitrogen and oxygen atoms in total. The number of hydrogen-bond donors (Lipinski definition) is 1. The zero-order chi connectivity index (χ0) is 21.4. The van der Waals surface area contributed by atoms with Gasteiger partial charge in [0.2, 0.25) is 5.91 Å². The summed E-state index contributed by atoms with van der Waals surface area (Å²) in [5.74, 6) is 0.981. The van der Waals surface area contributed by atoms with Crippen LogP contribution in [0.15, 0.2) is 0 Å². The summed E-state index contributed by atoms with van der Waals surface area (Å²) in [5.41, 5.74) is -1.10. The minimum atomic E-state index is -0.797. The third-order valence-corrected chi connectivity index (χ3v) is 8.17. The molecule has 0 aromatic heterocycles. The molecule has 5 aliphatic rings. The molecule has 5 rings (SSSR count). The number of carbonyl (C=O) groups excluding carboxylic acids is 3. The van der Waals surface area contributed by atoms with Crippen LogP contribution < -0.4 is 5.32 Å². The Bertz CT molecular complexity index is 715. The lowest BCUT2D eigenvalue weighted by Gasteiger charge is -2.55. The van der Waals surface area contributed by atoms with E-state index in [0.29, 0.717) is 30.6 Å². The van der Waals surface area contributed by atoms with Gasteiger partial charge < -0.3 is 15.0 Å². The van der Waals surface area contributed by atoms with E-state index in [9.17, 15) is 19.6 Å². The van der Waals surface area contributed by atoms with Crippen LogP contribution in [0, 0.1) is 34.5 Å². The summed E-state index contributed by atoms with van der Waals surface area (Å²) in [4.78, 5) is 39.0. The van der Waals surface area contributed by atoms with E-state index in [4.69, 9.17) is 4.74 Å². The van der Waals surface area contributed by atoms with Crippen LogP contribution >= 0.6 is 0 Å². The minimum absolute atomic E-state index is 0.0207. The Morgan fingerprint density at radius 1 is 1.03 bits per heavy atom. The van der Waals surface area contributed by atoms with Gasteiger partial charge in [0.25, 0.3) is 5.91 Å². The first kappa shape index (κ1) is 21.1. The molecule has 0 spiro atoms. The molecule has 0 saturated heterocycles. The van der Waals surface area contributed by atoms with Crippen molar-refractivity contribution in [2.24, 2.45) is 23.2 Å². The Labute approximate surface area is 178 Å². The van der Waals surface area contributed by atoms with Crippen LogP contribution in [-0.2, 0) is 19.1 Å². The van der Waals surface area contributed by atoms with Gasteiger partial charge in [-0.2, -0.15) is 5.26 Å². The average Bonchev–Trinajstić information content (AvgIpc) is 2.74. The molecule has 0 atom stereocenters. The van der Waals surface area contributed by atoms with E-state index in [2.05, 4.69) is 11.4 Å². The predicted molar refractivity (Wildman–Crippen MR) is 109 cm³/mol. The number of carbonyl (C=O) groups is 3. The SMILES string of the molecule is CN(C(=O)COC(=O)CNC(=O)C12CC3CC(CC(C3)C1)C2)C1(C#N)CCCCC1. The fraction of sp³-hybridized carbons (Fsp3) is 0.826. The molecule has 5 aliphatic carbocycles. The standard InChI is InChI=1S/C23H33N3O4/c1-26(23(15-24)5-3-2-4-6-23)19(27)14-30-20(28)13-25-21(29)22-10-16-7-17(11-22)9-18(8-16)12-22/h16-18H,2-14H2,1H3,(H,25,29). The fourth-order valence-electron chi connectivity index (χ4n) is 6.92. The van der Waals surface area contributed by atoms with Crippen LogP contribution in [0.25, 0.3) is 0 Å². The van der Waals surface area contributed by atoms with Crippen molar-refractivity contribution in [2.75, 3.05) is 20.2 Å². The molecule has 4 bridgehead atoms. The van der Waals surface area contributed by atoms with E-state index in [1.807, 2.05) is 0 Å². The molecule has 5 saturated carbocycles. The molecule has 5 fully saturated rings. The predicted octanol–water partition coefficient (Wildman–Crippen LogP) is 2.55. The Hall–Kier alpha value is -2.10. The van der Waals surface area contributed by atoms with Crippen LogP contribution in [0.3, 0.4) is 0 Å². The van der Waals surface area contributed by atoms with E-state index >= 15 is 0 Å². The maximum absolute atomic E-state index is 12.9. The lowest BCUT2D eigenvalue weighted by atomic mass is 9.49. The fourth-order valence-corrected chi connectivity index (χ4v) is 6.92. The van der Waals surface area contributed by atoms with Gasteiger partial charge in [-0.15, -0.1) is 0 Å². The van der Waals surface area contributed by atoms with Gasteiger partial charge in [-0.25, -0.2) is 0 Å². The minimum Gasteiger partial charge on any atom is -0.454 e. The number of rotatable bonds is 6. The quantitative estimate of drug-likeness (QED) is 0.672. The van der Waals surface area contributed by atoms with Crippen molar-refractivity contribution in [2.45, 2.75) is 76.2 Å². The van der Waals surface area contributed by atoms with Gasteiger partial charge in [0.1, 0.15) is 12.1 Å². The van der Waals surface area contributed by atoms with Crippen molar-refractivity contribution in [3.63, 3.8) is 0 Å². The van der Waals surface area contributed by atoms with Gasteiger partial charge in [-0.1, -0.05) is 19.3 Å². The molecule has 30 heavy (non-hydrogen) atoms. The van der Waals surface area contributed by atoms with E-state index in [1.165, 1.54) is 24.2 Å². The summed E-state index contributed by atoms with van der Waals surface area (Å²) in [6.07, 6.45) is 10.8. The Kier molecular flexibility index (Phi) is 5.78. The van der Waals surface area contributed by atoms with Gasteiger partial charge in [0.15, 0.2) is 6.61 Å². The summed E-state index contributed by atoms with van der Waals surface area (Å²) in [7, 11) is 1.61. The number of nitriles is 1. The van der Waals surface area contributed by atoms with Crippen LogP contribution in [-0.4, -0.2) is 48.4 Å². The first-order valence-corrected chi connectivity index (χ1v) is 11.5. The molecule has 7 heteroatoms. The summed E-state index contributed by atoms with van der Waals surface area (Å²) in [6, 6.07) is 2.30. The third kappa shape index (κ3) is 3.93. The topological polar surface area (TPSA) is 99.5 Å². The molecule has 1 N–H and O–H groups in total. The summed E-state index contributed by atoms with van der Waals surface area (Å²) >= 11 is 0. The van der Waals surface area contributed by atoms with Crippen LogP contribution in [0.5, 0.6) is 0 Å². The van der Waals surface area contributed by atoms with E-state index in [0.717, 1.165) is 38.5 Å². The van der Waals surface area contributed by atoms with Gasteiger partial charge in [-0.05, 0) is 69.1 Å². The highest BCUT2D eigenvalue weighted by Crippen LogP contribution is 2.60. The highest BCUT2D eigenvalue weighted by molar-refractivity contribution is 5.87. The van der Waals surface area contributed by atoms with Crippen molar-refractivity contribution >= 4 is 17.8 Å². The smallest absolute Gasteiger partial charge is 0.325 e. The van der Waals surface area contributed by atoms with E-state index in [1.54, 1.807) is 7.05 Å². The zero-order valence-corrected chi connectivity index (χ0v) is 18.0. The lowest BCUT2D eigenvalue weighted by Crippen LogP contribution is -2.54. The number of esters is 1. The number of ether oxygens (including phenoxy) is 1. The molecule has 0 aromatic carbocycles. The summed E-state index contributed by atoms with van der Waals surface area (Å²) < 4.78 is 5.12. The molecule has 0 heterocycles. The summed E-state index contributed by atoms with van der Waals surface area (Å²) in [5, 5.41) is 12.4. The van der Waals surface area contributed by atoms with E-state index in [-0.39, 0.29) is 23.8 Å². The van der Waals surface area contributed by atoms with Crippen LogP contribution in [0.2, 0.25) is 0 Å². The number of hydrogen-bond acceptors (Lipinski definition) is 5.